The van der Waals surface area contributed by atoms with Crippen LogP contribution < -0.4 is 24.8 Å². The molecule has 2 heterocycles. The number of halogens is 4. The Hall–Kier alpha value is -2.44. The molecule has 0 fully saturated rings. The van der Waals surface area contributed by atoms with Crippen molar-refractivity contribution in [2.75, 3.05) is 33.5 Å². The highest BCUT2D eigenvalue weighted by atomic mass is 127. The number of hydrogen-bond acceptors (Lipinski definition) is 5. The highest BCUT2D eigenvalue weighted by Gasteiger charge is 2.34. The molecule has 164 valence electrons. The summed E-state index contributed by atoms with van der Waals surface area (Å²) in [6.45, 7) is 1.11. The van der Waals surface area contributed by atoms with Gasteiger partial charge in [0.05, 0.1) is 6.54 Å². The Morgan fingerprint density at radius 2 is 1.93 bits per heavy atom. The highest BCUT2D eigenvalue weighted by molar-refractivity contribution is 14.0. The van der Waals surface area contributed by atoms with Gasteiger partial charge in [-0.3, -0.25) is 4.99 Å². The molecule has 0 radical (unpaired) electrons. The summed E-state index contributed by atoms with van der Waals surface area (Å²) in [5.74, 6) is 1.55. The Labute approximate surface area is 189 Å². The molecule has 0 amide bonds. The average molecular weight is 538 g/mol. The van der Waals surface area contributed by atoms with Crippen LogP contribution in [0.4, 0.5) is 13.2 Å². The third-order valence-electron chi connectivity index (χ3n) is 4.08. The summed E-state index contributed by atoms with van der Waals surface area (Å²) in [5.41, 5.74) is 0.182. The van der Waals surface area contributed by atoms with Crippen LogP contribution in [0.5, 0.6) is 17.4 Å². The van der Waals surface area contributed by atoms with E-state index in [1.54, 1.807) is 7.05 Å². The molecule has 1 aliphatic rings. The third kappa shape index (κ3) is 6.54. The number of ether oxygens (including phenoxy) is 3. The van der Waals surface area contributed by atoms with Crippen molar-refractivity contribution >= 4 is 29.9 Å². The van der Waals surface area contributed by atoms with Crippen LogP contribution in [0.3, 0.4) is 0 Å². The lowest BCUT2D eigenvalue weighted by atomic mass is 10.1. The lowest BCUT2D eigenvalue weighted by molar-refractivity contribution is -0.139. The first kappa shape index (κ1) is 23.8. The van der Waals surface area contributed by atoms with Gasteiger partial charge in [0.2, 0.25) is 12.7 Å². The Balaban J connectivity index is 0.00000320. The number of guanidine groups is 1. The zero-order valence-electron chi connectivity index (χ0n) is 16.2. The van der Waals surface area contributed by atoms with Gasteiger partial charge in [-0.05, 0) is 36.2 Å². The Morgan fingerprint density at radius 1 is 1.17 bits per heavy atom. The maximum absolute atomic E-state index is 12.9. The molecule has 11 heteroatoms. The van der Waals surface area contributed by atoms with E-state index < -0.39 is 17.6 Å². The van der Waals surface area contributed by atoms with Crippen LogP contribution in [-0.2, 0) is 12.6 Å². The summed E-state index contributed by atoms with van der Waals surface area (Å²) in [6, 6.07) is 7.92. The minimum Gasteiger partial charge on any atom is -0.475 e. The van der Waals surface area contributed by atoms with Crippen LogP contribution in [0.2, 0.25) is 0 Å². The third-order valence-corrected chi connectivity index (χ3v) is 4.08. The van der Waals surface area contributed by atoms with E-state index in [0.717, 1.165) is 29.5 Å². The van der Waals surface area contributed by atoms with Crippen molar-refractivity contribution in [3.05, 3.63) is 47.7 Å². The van der Waals surface area contributed by atoms with Gasteiger partial charge in [-0.1, -0.05) is 6.07 Å². The number of aromatic nitrogens is 1. The van der Waals surface area contributed by atoms with Crippen molar-refractivity contribution in [1.82, 2.24) is 15.6 Å². The zero-order valence-corrected chi connectivity index (χ0v) is 18.5. The molecule has 3 rings (SSSR count). The number of aliphatic imine (C=N–C) groups is 1. The molecular formula is C19H22F3IN4O3. The number of fused-ring (bicyclic) bond motifs is 1. The summed E-state index contributed by atoms with van der Waals surface area (Å²) in [6.07, 6.45) is -2.52. The SMILES string of the molecule is CN=C(NCCOc1ncccc1C(F)(F)F)NCCc1ccc2c(c1)OCO2.I. The molecule has 0 atom stereocenters. The molecule has 0 bridgehead atoms. The molecule has 1 aliphatic heterocycles. The second-order valence-electron chi connectivity index (χ2n) is 6.07. The van der Waals surface area contributed by atoms with Crippen LogP contribution in [0, 0.1) is 0 Å². The molecule has 1 aromatic heterocycles. The standard InChI is InChI=1S/C19H21F3N4O3.HI/c1-23-18(25-8-6-13-4-5-15-16(11-13)29-12-28-15)26-9-10-27-17-14(19(20,21)22)3-2-7-24-17;/h2-5,7,11H,6,8-10,12H2,1H3,(H2,23,25,26);1H. The van der Waals surface area contributed by atoms with Gasteiger partial charge >= 0.3 is 6.18 Å². The molecule has 0 spiro atoms. The van der Waals surface area contributed by atoms with Gasteiger partial charge in [0, 0.05) is 19.8 Å². The first-order chi connectivity index (χ1) is 14.0. The van der Waals surface area contributed by atoms with Crippen molar-refractivity contribution in [2.45, 2.75) is 12.6 Å². The Kier molecular flexibility index (Phi) is 8.81. The van der Waals surface area contributed by atoms with Crippen LogP contribution in [-0.4, -0.2) is 44.5 Å². The van der Waals surface area contributed by atoms with E-state index in [1.807, 2.05) is 18.2 Å². The van der Waals surface area contributed by atoms with Crippen LogP contribution in [0.25, 0.3) is 0 Å². The minimum absolute atomic E-state index is 0. The number of nitrogens with one attached hydrogen (secondary N) is 2. The van der Waals surface area contributed by atoms with Crippen molar-refractivity contribution in [1.29, 1.82) is 0 Å². The largest absolute Gasteiger partial charge is 0.475 e. The van der Waals surface area contributed by atoms with E-state index in [2.05, 4.69) is 20.6 Å². The molecule has 0 saturated carbocycles. The van der Waals surface area contributed by atoms with E-state index in [4.69, 9.17) is 14.2 Å². The highest BCUT2D eigenvalue weighted by Crippen LogP contribution is 2.34. The quantitative estimate of drug-likeness (QED) is 0.244. The second-order valence-corrected chi connectivity index (χ2v) is 6.07. The molecule has 0 unspecified atom stereocenters. The lowest BCUT2D eigenvalue weighted by Crippen LogP contribution is -2.40. The van der Waals surface area contributed by atoms with E-state index in [-0.39, 0.29) is 43.9 Å². The summed E-state index contributed by atoms with van der Waals surface area (Å²) in [7, 11) is 1.61. The van der Waals surface area contributed by atoms with Gasteiger partial charge in [-0.15, -0.1) is 24.0 Å². The number of alkyl halides is 3. The van der Waals surface area contributed by atoms with Crippen LogP contribution >= 0.6 is 24.0 Å². The molecular weight excluding hydrogens is 516 g/mol. The lowest BCUT2D eigenvalue weighted by Gasteiger charge is -2.14. The fourth-order valence-electron chi connectivity index (χ4n) is 2.68. The van der Waals surface area contributed by atoms with Gasteiger partial charge in [-0.25, -0.2) is 4.98 Å². The fraction of sp³-hybridized carbons (Fsp3) is 0.368. The van der Waals surface area contributed by atoms with Gasteiger partial charge < -0.3 is 24.8 Å². The normalized spacial score (nSPS) is 12.9. The average Bonchev–Trinajstić information content (AvgIpc) is 3.17. The van der Waals surface area contributed by atoms with E-state index >= 15 is 0 Å². The molecule has 2 aromatic rings. The maximum atomic E-state index is 12.9. The van der Waals surface area contributed by atoms with E-state index in [0.29, 0.717) is 12.5 Å². The van der Waals surface area contributed by atoms with Gasteiger partial charge in [0.25, 0.3) is 0 Å². The second kappa shape index (κ2) is 11.1. The molecule has 1 aromatic carbocycles. The predicted octanol–water partition coefficient (Wildman–Crippen LogP) is 3.23. The van der Waals surface area contributed by atoms with Crippen molar-refractivity contribution in [2.24, 2.45) is 4.99 Å². The number of nitrogens with zero attached hydrogens (tertiary/aromatic N) is 2. The number of benzene rings is 1. The monoisotopic (exact) mass is 538 g/mol. The molecule has 0 aliphatic carbocycles. The zero-order chi connectivity index (χ0) is 20.7. The van der Waals surface area contributed by atoms with Gasteiger partial charge in [0.15, 0.2) is 17.5 Å². The minimum atomic E-state index is -4.51. The van der Waals surface area contributed by atoms with Crippen molar-refractivity contribution in [3.63, 3.8) is 0 Å². The van der Waals surface area contributed by atoms with Crippen molar-refractivity contribution in [3.8, 4) is 17.4 Å². The van der Waals surface area contributed by atoms with E-state index in [1.165, 1.54) is 12.3 Å². The van der Waals surface area contributed by atoms with E-state index in [9.17, 15) is 13.2 Å². The molecule has 7 nitrogen and oxygen atoms in total. The van der Waals surface area contributed by atoms with Gasteiger partial charge in [0.1, 0.15) is 12.2 Å². The number of pyridine rings is 1. The predicted molar refractivity (Wildman–Crippen MR) is 116 cm³/mol. The Morgan fingerprint density at radius 3 is 2.70 bits per heavy atom. The number of hydrogen-bond donors (Lipinski definition) is 2. The maximum Gasteiger partial charge on any atom is 0.421 e. The first-order valence-electron chi connectivity index (χ1n) is 8.95. The molecule has 0 saturated heterocycles. The van der Waals surface area contributed by atoms with Crippen LogP contribution in [0.1, 0.15) is 11.1 Å². The van der Waals surface area contributed by atoms with Gasteiger partial charge in [-0.2, -0.15) is 13.2 Å². The Bertz CT molecular complexity index is 865. The summed E-state index contributed by atoms with van der Waals surface area (Å²) < 4.78 is 54.5. The van der Waals surface area contributed by atoms with Crippen molar-refractivity contribution < 1.29 is 27.4 Å². The number of rotatable bonds is 7. The summed E-state index contributed by atoms with van der Waals surface area (Å²) in [4.78, 5) is 7.73. The molecule has 30 heavy (non-hydrogen) atoms. The topological polar surface area (TPSA) is 77.0 Å². The summed E-state index contributed by atoms with van der Waals surface area (Å²) >= 11 is 0. The summed E-state index contributed by atoms with van der Waals surface area (Å²) in [5, 5.41) is 6.12. The first-order valence-corrected chi connectivity index (χ1v) is 8.95. The van der Waals surface area contributed by atoms with Crippen LogP contribution in [0.15, 0.2) is 41.5 Å². The fourth-order valence-corrected chi connectivity index (χ4v) is 2.68. The smallest absolute Gasteiger partial charge is 0.421 e. The molecule has 2 N–H and O–H groups in total.